The third-order valence-corrected chi connectivity index (χ3v) is 7.93. The van der Waals surface area contributed by atoms with Crippen LogP contribution in [0.5, 0.6) is 0 Å². The monoisotopic (exact) mass is 377 g/mol. The highest BCUT2D eigenvalue weighted by atomic mass is 32.1. The molecule has 2 unspecified atom stereocenters. The van der Waals surface area contributed by atoms with E-state index in [9.17, 15) is 9.90 Å². The molecule has 1 saturated heterocycles. The van der Waals surface area contributed by atoms with Crippen LogP contribution in [0.15, 0.2) is 0 Å². The molecule has 7 heteroatoms. The standard InChI is InChI=1S/C19H27N3O3S/c1-20-18-22-15(13-3-2-4-25-13)16(26-18)17(23)21-14-11-5-10-6-12(14)9-19(24,7-10)8-11/h10-14,24H,2-9H2,1H3,(H,20,22)(H,21,23)/t10?,11?,12?,13-,14?,19?/m1/s1. The zero-order valence-electron chi connectivity index (χ0n) is 15.2. The number of nitrogens with zero attached hydrogens (tertiary/aromatic N) is 1. The van der Waals surface area contributed by atoms with E-state index in [2.05, 4.69) is 15.6 Å². The maximum absolute atomic E-state index is 13.1. The molecule has 0 spiro atoms. The van der Waals surface area contributed by atoms with Crippen LogP contribution in [-0.4, -0.2) is 41.3 Å². The van der Waals surface area contributed by atoms with Crippen LogP contribution in [0.25, 0.3) is 0 Å². The largest absolute Gasteiger partial charge is 0.390 e. The number of nitrogens with one attached hydrogen (secondary N) is 2. The molecule has 4 saturated carbocycles. The van der Waals surface area contributed by atoms with Gasteiger partial charge in [0.15, 0.2) is 5.13 Å². The predicted molar refractivity (Wildman–Crippen MR) is 99.3 cm³/mol. The van der Waals surface area contributed by atoms with Crippen LogP contribution >= 0.6 is 11.3 Å². The van der Waals surface area contributed by atoms with Crippen molar-refractivity contribution in [2.45, 2.75) is 62.7 Å². The predicted octanol–water partition coefficient (Wildman–Crippen LogP) is 2.71. The number of carbonyl (C=O) groups is 1. The van der Waals surface area contributed by atoms with Crippen molar-refractivity contribution in [1.29, 1.82) is 0 Å². The zero-order chi connectivity index (χ0) is 17.9. The minimum atomic E-state index is -0.468. The third-order valence-electron chi connectivity index (χ3n) is 6.85. The van der Waals surface area contributed by atoms with Gasteiger partial charge in [0, 0.05) is 19.7 Å². The molecule has 142 valence electrons. The highest BCUT2D eigenvalue weighted by Gasteiger charge is 2.55. The molecule has 2 heterocycles. The fourth-order valence-electron chi connectivity index (χ4n) is 6.05. The third kappa shape index (κ3) is 2.75. The van der Waals surface area contributed by atoms with E-state index in [0.29, 0.717) is 22.6 Å². The van der Waals surface area contributed by atoms with Crippen LogP contribution in [0.1, 0.15) is 66.4 Å². The van der Waals surface area contributed by atoms with Crippen LogP contribution in [0.4, 0.5) is 5.13 Å². The summed E-state index contributed by atoms with van der Waals surface area (Å²) in [5.74, 6) is 1.46. The van der Waals surface area contributed by atoms with Gasteiger partial charge in [-0.2, -0.15) is 0 Å². The SMILES string of the molecule is CNc1nc([C@H]2CCCO2)c(C(=O)NC2C3CC4CC2CC(O)(C4)C3)s1. The first-order valence-corrected chi connectivity index (χ1v) is 10.7. The van der Waals surface area contributed by atoms with Gasteiger partial charge in [-0.15, -0.1) is 0 Å². The van der Waals surface area contributed by atoms with Gasteiger partial charge in [-0.05, 0) is 62.7 Å². The molecule has 0 radical (unpaired) electrons. The molecular weight excluding hydrogens is 350 g/mol. The lowest BCUT2D eigenvalue weighted by molar-refractivity contribution is -0.136. The number of amides is 1. The van der Waals surface area contributed by atoms with Crippen molar-refractivity contribution < 1.29 is 14.6 Å². The van der Waals surface area contributed by atoms with E-state index in [-0.39, 0.29) is 18.1 Å². The molecular formula is C19H27N3O3S. The summed E-state index contributed by atoms with van der Waals surface area (Å²) in [5.41, 5.74) is 0.321. The first kappa shape index (κ1) is 17.0. The Kier molecular flexibility index (Phi) is 4.03. The summed E-state index contributed by atoms with van der Waals surface area (Å²) < 4.78 is 5.79. The van der Waals surface area contributed by atoms with Gasteiger partial charge in [-0.1, -0.05) is 11.3 Å². The van der Waals surface area contributed by atoms with E-state index in [4.69, 9.17) is 4.74 Å². The molecule has 1 aliphatic heterocycles. The molecule has 3 atom stereocenters. The van der Waals surface area contributed by atoms with Gasteiger partial charge in [0.05, 0.1) is 11.3 Å². The van der Waals surface area contributed by atoms with Crippen LogP contribution in [0, 0.1) is 17.8 Å². The summed E-state index contributed by atoms with van der Waals surface area (Å²) in [4.78, 5) is 18.4. The highest BCUT2D eigenvalue weighted by Crippen LogP contribution is 2.55. The molecule has 0 aromatic carbocycles. The second-order valence-corrected chi connectivity index (χ2v) is 9.68. The normalized spacial score (nSPS) is 40.8. The number of hydrogen-bond acceptors (Lipinski definition) is 6. The number of anilines is 1. The Bertz CT molecular complexity index is 699. The van der Waals surface area contributed by atoms with Crippen molar-refractivity contribution in [2.75, 3.05) is 19.0 Å². The van der Waals surface area contributed by atoms with Crippen LogP contribution in [-0.2, 0) is 4.74 Å². The van der Waals surface area contributed by atoms with Crippen molar-refractivity contribution in [3.8, 4) is 0 Å². The molecule has 1 aromatic rings. The minimum absolute atomic E-state index is 0.0148. The van der Waals surface area contributed by atoms with E-state index in [0.717, 1.165) is 62.4 Å². The number of thiazole rings is 1. The lowest BCUT2D eigenvalue weighted by atomic mass is 9.52. The van der Waals surface area contributed by atoms with Crippen molar-refractivity contribution in [3.63, 3.8) is 0 Å². The molecule has 1 aromatic heterocycles. The fraction of sp³-hybridized carbons (Fsp3) is 0.789. The quantitative estimate of drug-likeness (QED) is 0.751. The number of carbonyl (C=O) groups excluding carboxylic acids is 1. The van der Waals surface area contributed by atoms with E-state index in [1.54, 1.807) is 0 Å². The Hall–Kier alpha value is -1.18. The van der Waals surface area contributed by atoms with Crippen LogP contribution in [0.2, 0.25) is 0 Å². The first-order valence-electron chi connectivity index (χ1n) is 9.88. The Balaban J connectivity index is 1.37. The van der Waals surface area contributed by atoms with Crippen LogP contribution in [0.3, 0.4) is 0 Å². The van der Waals surface area contributed by atoms with Gasteiger partial charge in [-0.25, -0.2) is 4.98 Å². The summed E-state index contributed by atoms with van der Waals surface area (Å²) in [6.45, 7) is 0.741. The molecule has 6 rings (SSSR count). The number of aromatic nitrogens is 1. The van der Waals surface area contributed by atoms with Gasteiger partial charge < -0.3 is 20.5 Å². The number of ether oxygens (including phenoxy) is 1. The maximum Gasteiger partial charge on any atom is 0.263 e. The van der Waals surface area contributed by atoms with E-state index in [1.165, 1.54) is 11.3 Å². The Morgan fingerprint density at radius 1 is 1.31 bits per heavy atom. The van der Waals surface area contributed by atoms with Gasteiger partial charge in [0.2, 0.25) is 0 Å². The van der Waals surface area contributed by atoms with Crippen molar-refractivity contribution >= 4 is 22.4 Å². The smallest absolute Gasteiger partial charge is 0.263 e. The van der Waals surface area contributed by atoms with Gasteiger partial charge in [0.1, 0.15) is 11.0 Å². The second kappa shape index (κ2) is 6.17. The van der Waals surface area contributed by atoms with Crippen molar-refractivity contribution in [1.82, 2.24) is 10.3 Å². The summed E-state index contributed by atoms with van der Waals surface area (Å²) in [6, 6.07) is 0.191. The maximum atomic E-state index is 13.1. The average Bonchev–Trinajstić information content (AvgIpc) is 3.25. The fourth-order valence-corrected chi connectivity index (χ4v) is 6.92. The van der Waals surface area contributed by atoms with Crippen LogP contribution < -0.4 is 10.6 Å². The lowest BCUT2D eigenvalue weighted by Crippen LogP contribution is -2.61. The molecule has 4 bridgehead atoms. The Morgan fingerprint density at radius 3 is 2.69 bits per heavy atom. The minimum Gasteiger partial charge on any atom is -0.390 e. The summed E-state index contributed by atoms with van der Waals surface area (Å²) in [5, 5.41) is 17.9. The van der Waals surface area contributed by atoms with Gasteiger partial charge in [0.25, 0.3) is 5.91 Å². The molecule has 3 N–H and O–H groups in total. The number of hydrogen-bond donors (Lipinski definition) is 3. The molecule has 6 nitrogen and oxygen atoms in total. The first-order chi connectivity index (χ1) is 12.5. The molecule has 4 aliphatic carbocycles. The van der Waals surface area contributed by atoms with Gasteiger partial charge >= 0.3 is 0 Å². The Morgan fingerprint density at radius 2 is 2.08 bits per heavy atom. The molecule has 5 aliphatic rings. The lowest BCUT2D eigenvalue weighted by Gasteiger charge is -2.58. The Labute approximate surface area is 157 Å². The molecule has 5 fully saturated rings. The summed E-state index contributed by atoms with van der Waals surface area (Å²) >= 11 is 1.42. The van der Waals surface area contributed by atoms with Crippen molar-refractivity contribution in [2.24, 2.45) is 17.8 Å². The van der Waals surface area contributed by atoms with E-state index in [1.807, 2.05) is 7.05 Å². The number of rotatable bonds is 4. The highest BCUT2D eigenvalue weighted by molar-refractivity contribution is 7.17. The summed E-state index contributed by atoms with van der Waals surface area (Å²) in [6.07, 6.45) is 6.82. The summed E-state index contributed by atoms with van der Waals surface area (Å²) in [7, 11) is 1.83. The van der Waals surface area contributed by atoms with E-state index < -0.39 is 5.60 Å². The van der Waals surface area contributed by atoms with Crippen molar-refractivity contribution in [3.05, 3.63) is 10.6 Å². The zero-order valence-corrected chi connectivity index (χ0v) is 16.0. The van der Waals surface area contributed by atoms with Gasteiger partial charge in [-0.3, -0.25) is 4.79 Å². The number of aliphatic hydroxyl groups is 1. The average molecular weight is 378 g/mol. The topological polar surface area (TPSA) is 83.5 Å². The van der Waals surface area contributed by atoms with E-state index >= 15 is 0 Å². The molecule has 1 amide bonds. The second-order valence-electron chi connectivity index (χ2n) is 8.68. The molecule has 26 heavy (non-hydrogen) atoms.